The average Bonchev–Trinajstić information content (AvgIpc) is 2.65. The maximum atomic E-state index is 5.47. The molecule has 0 saturated heterocycles. The van der Waals surface area contributed by atoms with E-state index in [4.69, 9.17) is 14.0 Å². The number of hydrogen-bond donors (Lipinski definition) is 0. The smallest absolute Gasteiger partial charge is 0.174 e. The molecule has 4 nitrogen and oxygen atoms in total. The zero-order chi connectivity index (χ0) is 8.67. The fourth-order valence-electron chi connectivity index (χ4n) is 1.46. The molecule has 0 amide bonds. The number of aromatic nitrogens is 1. The van der Waals surface area contributed by atoms with Crippen LogP contribution in [0, 0.1) is 0 Å². The maximum absolute atomic E-state index is 5.47. The summed E-state index contributed by atoms with van der Waals surface area (Å²) < 4.78 is 15.7. The van der Waals surface area contributed by atoms with Crippen molar-refractivity contribution in [1.82, 2.24) is 5.16 Å². The number of benzene rings is 1. The topological polar surface area (TPSA) is 44.5 Å². The summed E-state index contributed by atoms with van der Waals surface area (Å²) in [4.78, 5) is 0. The molecule has 4 heteroatoms. The van der Waals surface area contributed by atoms with Gasteiger partial charge >= 0.3 is 0 Å². The summed E-state index contributed by atoms with van der Waals surface area (Å²) in [6.45, 7) is 1.18. The molecular formula is C9H7NO3. The van der Waals surface area contributed by atoms with Crippen molar-refractivity contribution >= 4 is 10.9 Å². The second-order valence-electron chi connectivity index (χ2n) is 2.84. The summed E-state index contributed by atoms with van der Waals surface area (Å²) in [5.74, 6) is 1.51. The fourth-order valence-corrected chi connectivity index (χ4v) is 1.46. The Hall–Kier alpha value is -1.71. The van der Waals surface area contributed by atoms with Crippen LogP contribution in [-0.2, 0) is 0 Å². The van der Waals surface area contributed by atoms with Crippen LogP contribution >= 0.6 is 0 Å². The van der Waals surface area contributed by atoms with Crippen LogP contribution in [-0.4, -0.2) is 18.4 Å². The average molecular weight is 177 g/mol. The van der Waals surface area contributed by atoms with Crippen LogP contribution < -0.4 is 9.47 Å². The summed E-state index contributed by atoms with van der Waals surface area (Å²) in [6, 6.07) is 3.70. The molecule has 2 aromatic rings. The largest absolute Gasteiger partial charge is 0.486 e. The van der Waals surface area contributed by atoms with Crippen LogP contribution in [0.1, 0.15) is 0 Å². The molecule has 1 aromatic heterocycles. The van der Waals surface area contributed by atoms with Gasteiger partial charge in [-0.2, -0.15) is 0 Å². The van der Waals surface area contributed by atoms with Crippen molar-refractivity contribution in [2.75, 3.05) is 13.2 Å². The van der Waals surface area contributed by atoms with E-state index in [1.54, 1.807) is 6.26 Å². The molecule has 0 N–H and O–H groups in total. The number of hydrogen-bond acceptors (Lipinski definition) is 4. The van der Waals surface area contributed by atoms with E-state index in [1.165, 1.54) is 0 Å². The van der Waals surface area contributed by atoms with Crippen LogP contribution in [0.3, 0.4) is 0 Å². The Bertz CT molecular complexity index is 449. The molecule has 0 atom stereocenters. The van der Waals surface area contributed by atoms with Gasteiger partial charge in [-0.1, -0.05) is 5.16 Å². The summed E-state index contributed by atoms with van der Waals surface area (Å²) in [5, 5.41) is 4.69. The van der Waals surface area contributed by atoms with Crippen molar-refractivity contribution in [2.24, 2.45) is 0 Å². The van der Waals surface area contributed by atoms with Crippen molar-refractivity contribution in [3.8, 4) is 11.5 Å². The first-order valence-electron chi connectivity index (χ1n) is 4.08. The Morgan fingerprint density at radius 2 is 2.08 bits per heavy atom. The second-order valence-corrected chi connectivity index (χ2v) is 2.84. The maximum Gasteiger partial charge on any atom is 0.174 e. The van der Waals surface area contributed by atoms with Crippen LogP contribution in [0.25, 0.3) is 10.9 Å². The zero-order valence-corrected chi connectivity index (χ0v) is 6.82. The molecule has 1 aromatic carbocycles. The van der Waals surface area contributed by atoms with E-state index in [0.717, 1.165) is 22.4 Å². The summed E-state index contributed by atoms with van der Waals surface area (Å²) in [5.41, 5.74) is 0.796. The number of fused-ring (bicyclic) bond motifs is 3. The quantitative estimate of drug-likeness (QED) is 0.613. The van der Waals surface area contributed by atoms with E-state index in [1.807, 2.05) is 12.1 Å². The number of rotatable bonds is 0. The lowest BCUT2D eigenvalue weighted by atomic mass is 10.2. The number of ether oxygens (including phenoxy) is 2. The van der Waals surface area contributed by atoms with Gasteiger partial charge < -0.3 is 14.0 Å². The van der Waals surface area contributed by atoms with E-state index >= 15 is 0 Å². The third-order valence-corrected chi connectivity index (χ3v) is 2.05. The molecule has 0 aliphatic carbocycles. The van der Waals surface area contributed by atoms with Crippen molar-refractivity contribution in [1.29, 1.82) is 0 Å². The third kappa shape index (κ3) is 0.884. The molecule has 0 spiro atoms. The Morgan fingerprint density at radius 1 is 1.15 bits per heavy atom. The van der Waals surface area contributed by atoms with E-state index < -0.39 is 0 Å². The van der Waals surface area contributed by atoms with Gasteiger partial charge in [0.1, 0.15) is 25.0 Å². The van der Waals surface area contributed by atoms with Crippen LogP contribution in [0.2, 0.25) is 0 Å². The van der Waals surface area contributed by atoms with Gasteiger partial charge in [-0.15, -0.1) is 0 Å². The molecule has 0 radical (unpaired) electrons. The predicted octanol–water partition coefficient (Wildman–Crippen LogP) is 1.60. The van der Waals surface area contributed by atoms with Gasteiger partial charge in [0.2, 0.25) is 0 Å². The van der Waals surface area contributed by atoms with Crippen LogP contribution in [0.15, 0.2) is 22.9 Å². The molecule has 0 bridgehead atoms. The lowest BCUT2D eigenvalue weighted by Crippen LogP contribution is -2.15. The van der Waals surface area contributed by atoms with Crippen molar-refractivity contribution in [3.05, 3.63) is 18.4 Å². The first kappa shape index (κ1) is 6.77. The Labute approximate surface area is 74.0 Å². The van der Waals surface area contributed by atoms with Gasteiger partial charge in [-0.25, -0.2) is 0 Å². The summed E-state index contributed by atoms with van der Waals surface area (Å²) in [7, 11) is 0. The van der Waals surface area contributed by atoms with Crippen molar-refractivity contribution in [2.45, 2.75) is 0 Å². The van der Waals surface area contributed by atoms with Crippen molar-refractivity contribution < 1.29 is 14.0 Å². The highest BCUT2D eigenvalue weighted by Gasteiger charge is 2.16. The fraction of sp³-hybridized carbons (Fsp3) is 0.222. The minimum absolute atomic E-state index is 0.581. The highest BCUT2D eigenvalue weighted by Crippen LogP contribution is 2.36. The molecule has 13 heavy (non-hydrogen) atoms. The monoisotopic (exact) mass is 177 g/mol. The Balaban J connectivity index is 2.34. The van der Waals surface area contributed by atoms with E-state index in [0.29, 0.717) is 13.2 Å². The van der Waals surface area contributed by atoms with Gasteiger partial charge in [0.15, 0.2) is 11.5 Å². The van der Waals surface area contributed by atoms with Gasteiger partial charge in [-0.3, -0.25) is 0 Å². The molecule has 3 rings (SSSR count). The molecule has 0 unspecified atom stereocenters. The second kappa shape index (κ2) is 2.39. The van der Waals surface area contributed by atoms with Crippen molar-refractivity contribution in [3.63, 3.8) is 0 Å². The lowest BCUT2D eigenvalue weighted by Gasteiger charge is -2.17. The normalized spacial score (nSPS) is 14.8. The standard InChI is InChI=1S/C9H7NO3/c1-2-8-9(12-4-3-11-8)6-5-13-10-7(1)6/h1-2,5H,3-4H2. The van der Waals surface area contributed by atoms with Crippen LogP contribution in [0.5, 0.6) is 11.5 Å². The zero-order valence-electron chi connectivity index (χ0n) is 6.82. The van der Waals surface area contributed by atoms with Gasteiger partial charge in [0.25, 0.3) is 0 Å². The molecular weight excluding hydrogens is 170 g/mol. The highest BCUT2D eigenvalue weighted by atomic mass is 16.6. The van der Waals surface area contributed by atoms with Gasteiger partial charge in [0.05, 0.1) is 5.39 Å². The van der Waals surface area contributed by atoms with Gasteiger partial charge in [-0.05, 0) is 12.1 Å². The minimum atomic E-state index is 0.581. The number of nitrogens with zero attached hydrogens (tertiary/aromatic N) is 1. The molecule has 1 aliphatic heterocycles. The SMILES string of the molecule is c1cc2nocc2c2c1OCCO2. The van der Waals surface area contributed by atoms with Gasteiger partial charge in [0, 0.05) is 0 Å². The van der Waals surface area contributed by atoms with E-state index in [9.17, 15) is 0 Å². The third-order valence-electron chi connectivity index (χ3n) is 2.05. The Morgan fingerprint density at radius 3 is 3.08 bits per heavy atom. The molecule has 0 saturated carbocycles. The first-order chi connectivity index (χ1) is 6.45. The Kier molecular flexibility index (Phi) is 1.24. The molecule has 0 fully saturated rings. The molecule has 2 heterocycles. The molecule has 66 valence electrons. The summed E-state index contributed by atoms with van der Waals surface area (Å²) >= 11 is 0. The lowest BCUT2D eigenvalue weighted by molar-refractivity contribution is 0.174. The predicted molar refractivity (Wildman–Crippen MR) is 45.0 cm³/mol. The minimum Gasteiger partial charge on any atom is -0.486 e. The van der Waals surface area contributed by atoms with E-state index in [-0.39, 0.29) is 0 Å². The summed E-state index contributed by atoms with van der Waals surface area (Å²) in [6.07, 6.45) is 1.57. The highest BCUT2D eigenvalue weighted by molar-refractivity contribution is 5.87. The van der Waals surface area contributed by atoms with E-state index in [2.05, 4.69) is 5.16 Å². The van der Waals surface area contributed by atoms with Crippen LogP contribution in [0.4, 0.5) is 0 Å². The molecule has 1 aliphatic rings. The first-order valence-corrected chi connectivity index (χ1v) is 4.08.